The van der Waals surface area contributed by atoms with E-state index in [-0.39, 0.29) is 17.1 Å². The lowest BCUT2D eigenvalue weighted by Gasteiger charge is -2.08. The van der Waals surface area contributed by atoms with Crippen LogP contribution < -0.4 is 0 Å². The largest absolute Gasteiger partial charge is 0.507 e. The molecule has 0 spiro atoms. The molecule has 6 heteroatoms. The van der Waals surface area contributed by atoms with Gasteiger partial charge in [-0.15, -0.1) is 0 Å². The summed E-state index contributed by atoms with van der Waals surface area (Å²) in [6.45, 7) is 1.29. The second-order valence-electron chi connectivity index (χ2n) is 3.85. The summed E-state index contributed by atoms with van der Waals surface area (Å²) in [7, 11) is 0. The number of Topliss-reactive ketones (excluding diaryl/α,β-unsaturated/α-hetero) is 1. The van der Waals surface area contributed by atoms with Gasteiger partial charge in [0.25, 0.3) is 0 Å². The highest BCUT2D eigenvalue weighted by Crippen LogP contribution is 2.30. The van der Waals surface area contributed by atoms with E-state index in [0.29, 0.717) is 16.3 Å². The van der Waals surface area contributed by atoms with E-state index in [2.05, 4.69) is 9.97 Å². The van der Waals surface area contributed by atoms with Gasteiger partial charge in [0, 0.05) is 23.7 Å². The monoisotopic (exact) mass is 278 g/mol. The van der Waals surface area contributed by atoms with Gasteiger partial charge in [-0.3, -0.25) is 9.78 Å². The van der Waals surface area contributed by atoms with Crippen molar-refractivity contribution in [1.29, 1.82) is 0 Å². The number of carbonyl (C=O) groups is 1. The zero-order chi connectivity index (χ0) is 13.8. The summed E-state index contributed by atoms with van der Waals surface area (Å²) in [5.41, 5.74) is 0.357. The van der Waals surface area contributed by atoms with Crippen molar-refractivity contribution in [3.63, 3.8) is 0 Å². The first kappa shape index (κ1) is 13.5. The summed E-state index contributed by atoms with van der Waals surface area (Å²) in [5, 5.41) is 10.6. The smallest absolute Gasteiger partial charge is 0.163 e. The van der Waals surface area contributed by atoms with Crippen LogP contribution in [0.1, 0.15) is 22.8 Å². The second kappa shape index (κ2) is 5.79. The summed E-state index contributed by atoms with van der Waals surface area (Å²) in [6.07, 6.45) is 4.68. The van der Waals surface area contributed by atoms with Gasteiger partial charge in [0.05, 0.1) is 11.8 Å². The number of aromatic nitrogens is 2. The van der Waals surface area contributed by atoms with Gasteiger partial charge < -0.3 is 5.11 Å². The Morgan fingerprint density at radius 1 is 1.42 bits per heavy atom. The predicted octanol–water partition coefficient (Wildman–Crippen LogP) is 2.82. The minimum absolute atomic E-state index is 0.00486. The molecule has 0 saturated carbocycles. The molecule has 1 aromatic heterocycles. The Kier molecular flexibility index (Phi) is 4.11. The maximum Gasteiger partial charge on any atom is 0.163 e. The standard InChI is InChI=1S/C13H11FN2O2S/c1-8(17)11-5-10(14)4-9(13(11)18)7-19-12-6-15-2-3-16-12/h2-6,18H,7H2,1H3. The molecule has 0 fully saturated rings. The van der Waals surface area contributed by atoms with Gasteiger partial charge in [0.2, 0.25) is 0 Å². The number of hydrogen-bond acceptors (Lipinski definition) is 5. The molecular formula is C13H11FN2O2S. The molecular weight excluding hydrogens is 267 g/mol. The van der Waals surface area contributed by atoms with Crippen LogP contribution in [0.4, 0.5) is 4.39 Å². The van der Waals surface area contributed by atoms with E-state index in [0.717, 1.165) is 6.07 Å². The number of thioether (sulfide) groups is 1. The third-order valence-corrected chi connectivity index (χ3v) is 3.41. The molecule has 1 heterocycles. The Labute approximate surface area is 113 Å². The van der Waals surface area contributed by atoms with E-state index in [1.165, 1.54) is 24.8 Å². The van der Waals surface area contributed by atoms with Gasteiger partial charge in [-0.2, -0.15) is 0 Å². The first-order valence-electron chi connectivity index (χ1n) is 5.49. The van der Waals surface area contributed by atoms with E-state index in [4.69, 9.17) is 0 Å². The fourth-order valence-corrected chi connectivity index (χ4v) is 2.34. The van der Waals surface area contributed by atoms with Crippen molar-refractivity contribution in [2.75, 3.05) is 0 Å². The van der Waals surface area contributed by atoms with Crippen molar-refractivity contribution < 1.29 is 14.3 Å². The first-order valence-corrected chi connectivity index (χ1v) is 6.47. The lowest BCUT2D eigenvalue weighted by molar-refractivity contribution is 0.101. The molecule has 0 bridgehead atoms. The molecule has 0 saturated heterocycles. The van der Waals surface area contributed by atoms with Crippen LogP contribution in [-0.2, 0) is 5.75 Å². The number of ketones is 1. The third-order valence-electron chi connectivity index (χ3n) is 2.45. The van der Waals surface area contributed by atoms with Gasteiger partial charge in [-0.05, 0) is 19.1 Å². The van der Waals surface area contributed by atoms with Crippen LogP contribution >= 0.6 is 11.8 Å². The summed E-state index contributed by atoms with van der Waals surface area (Å²) in [6, 6.07) is 2.25. The van der Waals surface area contributed by atoms with Gasteiger partial charge >= 0.3 is 0 Å². The quantitative estimate of drug-likeness (QED) is 0.688. The fraction of sp³-hybridized carbons (Fsp3) is 0.154. The van der Waals surface area contributed by atoms with E-state index in [1.807, 2.05) is 0 Å². The Hall–Kier alpha value is -1.95. The summed E-state index contributed by atoms with van der Waals surface area (Å²) in [5.74, 6) is -0.784. The minimum atomic E-state index is -0.544. The van der Waals surface area contributed by atoms with Crippen LogP contribution in [0.25, 0.3) is 0 Å². The number of nitrogens with zero attached hydrogens (tertiary/aromatic N) is 2. The molecule has 0 radical (unpaired) electrons. The Balaban J connectivity index is 2.23. The number of rotatable bonds is 4. The molecule has 2 aromatic rings. The highest BCUT2D eigenvalue weighted by molar-refractivity contribution is 7.98. The molecule has 19 heavy (non-hydrogen) atoms. The van der Waals surface area contributed by atoms with Crippen LogP contribution in [0.2, 0.25) is 0 Å². The Morgan fingerprint density at radius 2 is 2.21 bits per heavy atom. The van der Waals surface area contributed by atoms with Crippen LogP contribution in [0, 0.1) is 5.82 Å². The van der Waals surface area contributed by atoms with Crippen LogP contribution in [-0.4, -0.2) is 20.9 Å². The Bertz CT molecular complexity index is 605. The maximum atomic E-state index is 13.4. The van der Waals surface area contributed by atoms with E-state index >= 15 is 0 Å². The number of carbonyl (C=O) groups excluding carboxylic acids is 1. The zero-order valence-corrected chi connectivity index (χ0v) is 10.9. The second-order valence-corrected chi connectivity index (χ2v) is 4.85. The highest BCUT2D eigenvalue weighted by atomic mass is 32.2. The van der Waals surface area contributed by atoms with Crippen molar-refractivity contribution in [1.82, 2.24) is 9.97 Å². The SMILES string of the molecule is CC(=O)c1cc(F)cc(CSc2cnccn2)c1O. The van der Waals surface area contributed by atoms with Crippen molar-refractivity contribution in [3.8, 4) is 5.75 Å². The molecule has 0 atom stereocenters. The number of phenols is 1. The average molecular weight is 278 g/mol. The highest BCUT2D eigenvalue weighted by Gasteiger charge is 2.14. The predicted molar refractivity (Wildman–Crippen MR) is 69.7 cm³/mol. The fourth-order valence-electron chi connectivity index (χ4n) is 1.55. The average Bonchev–Trinajstić information content (AvgIpc) is 2.40. The molecule has 0 aliphatic carbocycles. The van der Waals surface area contributed by atoms with Crippen molar-refractivity contribution >= 4 is 17.5 Å². The number of phenolic OH excluding ortho intramolecular Hbond substituents is 1. The molecule has 1 N–H and O–H groups in total. The van der Waals surface area contributed by atoms with Gasteiger partial charge in [-0.1, -0.05) is 11.8 Å². The third kappa shape index (κ3) is 3.29. The molecule has 0 unspecified atom stereocenters. The summed E-state index contributed by atoms with van der Waals surface area (Å²) >= 11 is 1.31. The lowest BCUT2D eigenvalue weighted by Crippen LogP contribution is -1.97. The number of aromatic hydroxyl groups is 1. The molecule has 1 aromatic carbocycles. The van der Waals surface area contributed by atoms with Crippen molar-refractivity contribution in [3.05, 3.63) is 47.7 Å². The van der Waals surface area contributed by atoms with Crippen LogP contribution in [0.15, 0.2) is 35.7 Å². The zero-order valence-electron chi connectivity index (χ0n) is 10.1. The molecule has 0 amide bonds. The molecule has 0 aliphatic rings. The maximum absolute atomic E-state index is 13.4. The summed E-state index contributed by atoms with van der Waals surface area (Å²) < 4.78 is 13.4. The molecule has 2 rings (SSSR count). The minimum Gasteiger partial charge on any atom is -0.507 e. The topological polar surface area (TPSA) is 63.1 Å². The van der Waals surface area contributed by atoms with E-state index in [9.17, 15) is 14.3 Å². The molecule has 4 nitrogen and oxygen atoms in total. The number of halogens is 1. The van der Waals surface area contributed by atoms with E-state index < -0.39 is 5.82 Å². The van der Waals surface area contributed by atoms with E-state index in [1.54, 1.807) is 18.6 Å². The number of benzene rings is 1. The first-order chi connectivity index (χ1) is 9.08. The summed E-state index contributed by atoms with van der Waals surface area (Å²) in [4.78, 5) is 19.3. The van der Waals surface area contributed by atoms with Crippen molar-refractivity contribution in [2.45, 2.75) is 17.7 Å². The van der Waals surface area contributed by atoms with Gasteiger partial charge in [0.15, 0.2) is 5.78 Å². The number of hydrogen-bond donors (Lipinski definition) is 1. The lowest BCUT2D eigenvalue weighted by atomic mass is 10.1. The van der Waals surface area contributed by atoms with Crippen LogP contribution in [0.5, 0.6) is 5.75 Å². The molecule has 0 aliphatic heterocycles. The van der Waals surface area contributed by atoms with Crippen LogP contribution in [0.3, 0.4) is 0 Å². The Morgan fingerprint density at radius 3 is 2.84 bits per heavy atom. The van der Waals surface area contributed by atoms with Gasteiger partial charge in [-0.25, -0.2) is 9.37 Å². The normalized spacial score (nSPS) is 10.4. The van der Waals surface area contributed by atoms with Crippen molar-refractivity contribution in [2.24, 2.45) is 0 Å². The van der Waals surface area contributed by atoms with Gasteiger partial charge in [0.1, 0.15) is 16.6 Å². The molecule has 98 valence electrons.